The van der Waals surface area contributed by atoms with Crippen molar-refractivity contribution in [3.8, 4) is 0 Å². The van der Waals surface area contributed by atoms with E-state index >= 15 is 0 Å². The summed E-state index contributed by atoms with van der Waals surface area (Å²) < 4.78 is 0. The van der Waals surface area contributed by atoms with Crippen LogP contribution in [0.1, 0.15) is 27.2 Å². The third kappa shape index (κ3) is 32.6. The molecule has 0 amide bonds. The summed E-state index contributed by atoms with van der Waals surface area (Å²) in [6.07, 6.45) is 1.31. The number of aliphatic hydroxyl groups is 2. The molecule has 0 aliphatic heterocycles. The molecule has 0 aliphatic carbocycles. The van der Waals surface area contributed by atoms with E-state index in [9.17, 15) is 0 Å². The Morgan fingerprint density at radius 2 is 1.33 bits per heavy atom. The average Bonchev–Trinajstić information content (AvgIpc) is 1.89. The third-order valence-electron chi connectivity index (χ3n) is 0.916. The van der Waals surface area contributed by atoms with Crippen LogP contribution in [0.25, 0.3) is 0 Å². The van der Waals surface area contributed by atoms with Crippen LogP contribution < -0.4 is 0 Å². The Bertz CT molecular complexity index is 33.9. The van der Waals surface area contributed by atoms with Crippen LogP contribution in [0.3, 0.4) is 0 Å². The molecule has 0 aromatic rings. The Morgan fingerprint density at radius 1 is 1.11 bits per heavy atom. The fraction of sp³-hybridized carbons (Fsp3) is 1.00. The van der Waals surface area contributed by atoms with E-state index in [1.165, 1.54) is 6.42 Å². The van der Waals surface area contributed by atoms with Gasteiger partial charge in [-0.05, 0) is 5.92 Å². The standard InChI is InChI=1S/C5H12.C2H6O2/c1-4-5(2)3;3-1-2-4/h5H,4H2,1-3H3;3-4H,1-2H2. The molecule has 0 fully saturated rings. The zero-order valence-corrected chi connectivity index (χ0v) is 6.59. The lowest BCUT2D eigenvalue weighted by Gasteiger charge is -1.90. The van der Waals surface area contributed by atoms with Crippen LogP contribution in [0.5, 0.6) is 0 Å². The van der Waals surface area contributed by atoms with E-state index in [1.807, 2.05) is 0 Å². The summed E-state index contributed by atoms with van der Waals surface area (Å²) in [4.78, 5) is 0. The van der Waals surface area contributed by atoms with Gasteiger partial charge < -0.3 is 10.2 Å². The van der Waals surface area contributed by atoms with Crippen molar-refractivity contribution in [2.75, 3.05) is 13.2 Å². The molecule has 58 valence electrons. The lowest BCUT2D eigenvalue weighted by molar-refractivity contribution is 0.186. The van der Waals surface area contributed by atoms with Crippen LogP contribution in [-0.2, 0) is 0 Å². The van der Waals surface area contributed by atoms with Gasteiger partial charge in [0.05, 0.1) is 13.2 Å². The van der Waals surface area contributed by atoms with Crippen molar-refractivity contribution in [3.05, 3.63) is 0 Å². The highest BCUT2D eigenvalue weighted by molar-refractivity contribution is 4.32. The molecule has 2 N–H and O–H groups in total. The molecule has 0 atom stereocenters. The van der Waals surface area contributed by atoms with E-state index in [1.54, 1.807) is 0 Å². The summed E-state index contributed by atoms with van der Waals surface area (Å²) >= 11 is 0. The molecular weight excluding hydrogens is 116 g/mol. The van der Waals surface area contributed by atoms with E-state index < -0.39 is 0 Å². The van der Waals surface area contributed by atoms with Crippen molar-refractivity contribution in [2.45, 2.75) is 27.2 Å². The molecule has 0 spiro atoms. The summed E-state index contributed by atoms with van der Waals surface area (Å²) in [5.41, 5.74) is 0. The Morgan fingerprint density at radius 3 is 1.33 bits per heavy atom. The first kappa shape index (κ1) is 11.7. The molecule has 0 saturated heterocycles. The molecule has 0 aromatic carbocycles. The first-order valence-electron chi connectivity index (χ1n) is 3.40. The van der Waals surface area contributed by atoms with Crippen molar-refractivity contribution in [2.24, 2.45) is 5.92 Å². The maximum Gasteiger partial charge on any atom is 0.0662 e. The van der Waals surface area contributed by atoms with E-state index in [0.29, 0.717) is 0 Å². The lowest BCUT2D eigenvalue weighted by atomic mass is 10.2. The predicted octanol–water partition coefficient (Wildman–Crippen LogP) is 1.02. The molecule has 0 radical (unpaired) electrons. The average molecular weight is 134 g/mol. The van der Waals surface area contributed by atoms with Gasteiger partial charge in [0, 0.05) is 0 Å². The molecule has 0 heterocycles. The first-order chi connectivity index (χ1) is 4.18. The molecule has 2 nitrogen and oxygen atoms in total. The molecule has 0 unspecified atom stereocenters. The number of aliphatic hydroxyl groups excluding tert-OH is 2. The maximum absolute atomic E-state index is 7.62. The monoisotopic (exact) mass is 134 g/mol. The smallest absolute Gasteiger partial charge is 0.0662 e. The zero-order chi connectivity index (χ0) is 7.70. The van der Waals surface area contributed by atoms with Gasteiger partial charge in [-0.25, -0.2) is 0 Å². The van der Waals surface area contributed by atoms with Crippen molar-refractivity contribution < 1.29 is 10.2 Å². The van der Waals surface area contributed by atoms with Gasteiger partial charge in [-0.2, -0.15) is 0 Å². The molecular formula is C7H18O2. The van der Waals surface area contributed by atoms with Crippen molar-refractivity contribution in [1.29, 1.82) is 0 Å². The minimum atomic E-state index is -0.125. The Balaban J connectivity index is 0. The lowest BCUT2D eigenvalue weighted by Crippen LogP contribution is -1.85. The molecule has 0 saturated carbocycles. The van der Waals surface area contributed by atoms with Gasteiger partial charge >= 0.3 is 0 Å². The van der Waals surface area contributed by atoms with Gasteiger partial charge in [-0.1, -0.05) is 27.2 Å². The molecule has 0 rings (SSSR count). The topological polar surface area (TPSA) is 40.5 Å². The Labute approximate surface area is 57.5 Å². The van der Waals surface area contributed by atoms with Gasteiger partial charge in [-0.3, -0.25) is 0 Å². The minimum Gasteiger partial charge on any atom is -0.394 e. The largest absolute Gasteiger partial charge is 0.394 e. The normalized spacial score (nSPS) is 8.67. The summed E-state index contributed by atoms with van der Waals surface area (Å²) in [7, 11) is 0. The molecule has 2 heteroatoms. The second-order valence-electron chi connectivity index (χ2n) is 2.25. The molecule has 0 bridgehead atoms. The summed E-state index contributed by atoms with van der Waals surface area (Å²) in [5, 5.41) is 15.2. The number of hydrogen-bond acceptors (Lipinski definition) is 2. The third-order valence-corrected chi connectivity index (χ3v) is 0.916. The van der Waals surface area contributed by atoms with Crippen LogP contribution in [-0.4, -0.2) is 23.4 Å². The van der Waals surface area contributed by atoms with Gasteiger partial charge in [-0.15, -0.1) is 0 Å². The molecule has 9 heavy (non-hydrogen) atoms. The van der Waals surface area contributed by atoms with E-state index in [4.69, 9.17) is 10.2 Å². The Hall–Kier alpha value is -0.0800. The second-order valence-corrected chi connectivity index (χ2v) is 2.25. The van der Waals surface area contributed by atoms with Crippen molar-refractivity contribution >= 4 is 0 Å². The fourth-order valence-electron chi connectivity index (χ4n) is 0. The van der Waals surface area contributed by atoms with Crippen LogP contribution >= 0.6 is 0 Å². The molecule has 0 aromatic heterocycles. The Kier molecular flexibility index (Phi) is 14.0. The van der Waals surface area contributed by atoms with Crippen molar-refractivity contribution in [3.63, 3.8) is 0 Å². The van der Waals surface area contributed by atoms with Gasteiger partial charge in [0.2, 0.25) is 0 Å². The summed E-state index contributed by atoms with van der Waals surface area (Å²) in [6, 6.07) is 0. The van der Waals surface area contributed by atoms with Crippen LogP contribution in [0.15, 0.2) is 0 Å². The predicted molar refractivity (Wildman–Crippen MR) is 39.3 cm³/mol. The maximum atomic E-state index is 7.62. The second kappa shape index (κ2) is 10.8. The van der Waals surface area contributed by atoms with E-state index in [-0.39, 0.29) is 13.2 Å². The number of hydrogen-bond donors (Lipinski definition) is 2. The van der Waals surface area contributed by atoms with E-state index in [2.05, 4.69) is 20.8 Å². The van der Waals surface area contributed by atoms with Crippen LogP contribution in [0.4, 0.5) is 0 Å². The van der Waals surface area contributed by atoms with Gasteiger partial charge in [0.25, 0.3) is 0 Å². The quantitative estimate of drug-likeness (QED) is 0.592. The van der Waals surface area contributed by atoms with Gasteiger partial charge in [0.15, 0.2) is 0 Å². The highest BCUT2D eigenvalue weighted by Gasteiger charge is 1.80. The zero-order valence-electron chi connectivity index (χ0n) is 6.59. The fourth-order valence-corrected chi connectivity index (χ4v) is 0. The van der Waals surface area contributed by atoms with E-state index in [0.717, 1.165) is 5.92 Å². The SMILES string of the molecule is CCC(C)C.OCCO. The summed E-state index contributed by atoms with van der Waals surface area (Å²) in [5.74, 6) is 0.884. The number of rotatable bonds is 2. The van der Waals surface area contributed by atoms with Gasteiger partial charge in [0.1, 0.15) is 0 Å². The highest BCUT2D eigenvalue weighted by Crippen LogP contribution is 1.93. The summed E-state index contributed by atoms with van der Waals surface area (Å²) in [6.45, 7) is 6.39. The van der Waals surface area contributed by atoms with Crippen LogP contribution in [0, 0.1) is 5.92 Å². The molecule has 0 aliphatic rings. The van der Waals surface area contributed by atoms with Crippen molar-refractivity contribution in [1.82, 2.24) is 0 Å². The first-order valence-corrected chi connectivity index (χ1v) is 3.40. The van der Waals surface area contributed by atoms with Crippen LogP contribution in [0.2, 0.25) is 0 Å². The minimum absolute atomic E-state index is 0.125. The highest BCUT2D eigenvalue weighted by atomic mass is 16.3.